The molecule has 2 aliphatic carbocycles. The minimum Gasteiger partial charge on any atom is -0.229 e. The second-order valence-electron chi connectivity index (χ2n) is 5.07. The van der Waals surface area contributed by atoms with Gasteiger partial charge in [-0.05, 0) is 31.1 Å². The average Bonchev–Trinajstić information content (AvgIpc) is 2.42. The molecule has 0 aromatic heterocycles. The van der Waals surface area contributed by atoms with Crippen molar-refractivity contribution in [2.24, 2.45) is 11.8 Å². The number of sulfone groups is 1. The van der Waals surface area contributed by atoms with Crippen LogP contribution in [0, 0.1) is 11.8 Å². The van der Waals surface area contributed by atoms with Gasteiger partial charge in [0.15, 0.2) is 0 Å². The van der Waals surface area contributed by atoms with Crippen LogP contribution in [0.4, 0.5) is 0 Å². The summed E-state index contributed by atoms with van der Waals surface area (Å²) in [6.07, 6.45) is 9.73. The van der Waals surface area contributed by atoms with Crippen LogP contribution in [-0.2, 0) is 9.84 Å². The van der Waals surface area contributed by atoms with Crippen molar-refractivity contribution in [3.63, 3.8) is 0 Å². The second kappa shape index (κ2) is 8.95. The predicted octanol–water partition coefficient (Wildman–Crippen LogP) is 4.44. The van der Waals surface area contributed by atoms with E-state index in [0.29, 0.717) is 0 Å². The Kier molecular flexibility index (Phi) is 8.93. The maximum Gasteiger partial charge on any atom is 0.150 e. The number of fused-ring (bicyclic) bond motifs is 1. The molecule has 18 heavy (non-hydrogen) atoms. The molecular weight excluding hydrogens is 244 g/mol. The molecule has 0 aliphatic heterocycles. The number of hydrogen-bond acceptors (Lipinski definition) is 2. The van der Waals surface area contributed by atoms with Crippen LogP contribution >= 0.6 is 0 Å². The van der Waals surface area contributed by atoms with Gasteiger partial charge in [-0.2, -0.15) is 0 Å². The Bertz CT molecular complexity index is 296. The fourth-order valence-corrected chi connectivity index (χ4v) is 4.38. The van der Waals surface area contributed by atoms with Gasteiger partial charge in [0.2, 0.25) is 0 Å². The standard InChI is InChI=1S/C11H20O2S.2C2H6/c1-14(12,13)11-7-6-9-4-2-3-5-10(9)8-11;2*1-2/h9-11H,2-8H2,1H3;2*1-2H3. The summed E-state index contributed by atoms with van der Waals surface area (Å²) in [7, 11) is -2.78. The molecule has 0 bridgehead atoms. The van der Waals surface area contributed by atoms with Gasteiger partial charge in [-0.15, -0.1) is 0 Å². The molecule has 2 saturated carbocycles. The summed E-state index contributed by atoms with van der Waals surface area (Å²) in [4.78, 5) is 0. The zero-order valence-corrected chi connectivity index (χ0v) is 13.7. The van der Waals surface area contributed by atoms with Crippen molar-refractivity contribution in [2.75, 3.05) is 6.26 Å². The van der Waals surface area contributed by atoms with Gasteiger partial charge in [0, 0.05) is 6.26 Å². The van der Waals surface area contributed by atoms with E-state index in [4.69, 9.17) is 0 Å². The van der Waals surface area contributed by atoms with Crippen molar-refractivity contribution in [3.05, 3.63) is 0 Å². The minimum atomic E-state index is -2.78. The first kappa shape index (κ1) is 17.9. The van der Waals surface area contributed by atoms with Crippen LogP contribution in [0.15, 0.2) is 0 Å². The first-order valence-corrected chi connectivity index (χ1v) is 9.71. The number of hydrogen-bond donors (Lipinski definition) is 0. The lowest BCUT2D eigenvalue weighted by molar-refractivity contribution is 0.173. The summed E-state index contributed by atoms with van der Waals surface area (Å²) in [5.41, 5.74) is 0. The molecule has 110 valence electrons. The van der Waals surface area contributed by atoms with Crippen molar-refractivity contribution >= 4 is 9.84 Å². The van der Waals surface area contributed by atoms with Gasteiger partial charge in [-0.3, -0.25) is 0 Å². The van der Waals surface area contributed by atoms with Crippen molar-refractivity contribution < 1.29 is 8.42 Å². The first-order chi connectivity index (χ1) is 8.57. The van der Waals surface area contributed by atoms with Crippen molar-refractivity contribution in [3.8, 4) is 0 Å². The number of rotatable bonds is 1. The molecular formula is C15H32O2S. The maximum absolute atomic E-state index is 11.5. The fourth-order valence-electron chi connectivity index (χ4n) is 3.22. The van der Waals surface area contributed by atoms with Gasteiger partial charge in [-0.25, -0.2) is 8.42 Å². The lowest BCUT2D eigenvalue weighted by Gasteiger charge is -2.38. The molecule has 2 rings (SSSR count). The lowest BCUT2D eigenvalue weighted by Crippen LogP contribution is -2.34. The minimum absolute atomic E-state index is 0.0261. The van der Waals surface area contributed by atoms with Crippen LogP contribution < -0.4 is 0 Å². The molecule has 2 aliphatic rings. The van der Waals surface area contributed by atoms with Gasteiger partial charge < -0.3 is 0 Å². The topological polar surface area (TPSA) is 34.1 Å². The van der Waals surface area contributed by atoms with Gasteiger partial charge in [0.25, 0.3) is 0 Å². The van der Waals surface area contributed by atoms with E-state index >= 15 is 0 Å². The summed E-state index contributed by atoms with van der Waals surface area (Å²) >= 11 is 0. The van der Waals surface area contributed by atoms with Gasteiger partial charge >= 0.3 is 0 Å². The normalized spacial score (nSPS) is 31.1. The average molecular weight is 276 g/mol. The first-order valence-electron chi connectivity index (χ1n) is 7.76. The highest BCUT2D eigenvalue weighted by Gasteiger charge is 2.35. The Morgan fingerprint density at radius 1 is 0.778 bits per heavy atom. The molecule has 0 heterocycles. The van der Waals surface area contributed by atoms with Crippen LogP contribution in [0.2, 0.25) is 0 Å². The SMILES string of the molecule is CC.CC.CS(=O)(=O)C1CCC2CCCCC2C1. The van der Waals surface area contributed by atoms with Crippen LogP contribution in [0.1, 0.15) is 72.6 Å². The van der Waals surface area contributed by atoms with Crippen LogP contribution in [0.25, 0.3) is 0 Å². The van der Waals surface area contributed by atoms with Crippen molar-refractivity contribution in [2.45, 2.75) is 77.9 Å². The van der Waals surface area contributed by atoms with E-state index < -0.39 is 9.84 Å². The Hall–Kier alpha value is -0.0500. The summed E-state index contributed by atoms with van der Waals surface area (Å²) < 4.78 is 22.9. The highest BCUT2D eigenvalue weighted by Crippen LogP contribution is 2.41. The summed E-state index contributed by atoms with van der Waals surface area (Å²) in [5.74, 6) is 1.57. The zero-order chi connectivity index (χ0) is 14.2. The van der Waals surface area contributed by atoms with Crippen molar-refractivity contribution in [1.82, 2.24) is 0 Å². The Morgan fingerprint density at radius 3 is 1.78 bits per heavy atom. The summed E-state index contributed by atoms with van der Waals surface area (Å²) in [6.45, 7) is 8.00. The molecule has 0 aromatic carbocycles. The molecule has 2 nitrogen and oxygen atoms in total. The summed E-state index contributed by atoms with van der Waals surface area (Å²) in [5, 5.41) is -0.0261. The molecule has 0 saturated heterocycles. The Labute approximate surface area is 114 Å². The van der Waals surface area contributed by atoms with Gasteiger partial charge in [0.1, 0.15) is 9.84 Å². The zero-order valence-electron chi connectivity index (χ0n) is 12.9. The Morgan fingerprint density at radius 2 is 1.28 bits per heavy atom. The van der Waals surface area contributed by atoms with E-state index in [0.717, 1.165) is 31.1 Å². The molecule has 2 fully saturated rings. The van der Waals surface area contributed by atoms with E-state index in [9.17, 15) is 8.42 Å². The largest absolute Gasteiger partial charge is 0.229 e. The third-order valence-corrected chi connectivity index (χ3v) is 5.74. The fraction of sp³-hybridized carbons (Fsp3) is 1.00. The van der Waals surface area contributed by atoms with Crippen LogP contribution in [0.5, 0.6) is 0 Å². The lowest BCUT2D eigenvalue weighted by atomic mass is 9.71. The predicted molar refractivity (Wildman–Crippen MR) is 80.6 cm³/mol. The molecule has 0 N–H and O–H groups in total. The van der Waals surface area contributed by atoms with E-state index in [1.54, 1.807) is 0 Å². The van der Waals surface area contributed by atoms with E-state index in [1.165, 1.54) is 31.9 Å². The quantitative estimate of drug-likeness (QED) is 0.709. The molecule has 3 unspecified atom stereocenters. The molecule has 0 radical (unpaired) electrons. The third kappa shape index (κ3) is 5.29. The molecule has 3 atom stereocenters. The maximum atomic E-state index is 11.5. The van der Waals surface area contributed by atoms with E-state index in [-0.39, 0.29) is 5.25 Å². The van der Waals surface area contributed by atoms with Gasteiger partial charge in [-0.1, -0.05) is 53.4 Å². The molecule has 3 heteroatoms. The smallest absolute Gasteiger partial charge is 0.150 e. The van der Waals surface area contributed by atoms with Crippen LogP contribution in [0.3, 0.4) is 0 Å². The van der Waals surface area contributed by atoms with E-state index in [2.05, 4.69) is 0 Å². The van der Waals surface area contributed by atoms with Crippen molar-refractivity contribution in [1.29, 1.82) is 0 Å². The second-order valence-corrected chi connectivity index (χ2v) is 7.39. The monoisotopic (exact) mass is 276 g/mol. The van der Waals surface area contributed by atoms with Gasteiger partial charge in [0.05, 0.1) is 5.25 Å². The highest BCUT2D eigenvalue weighted by molar-refractivity contribution is 7.91. The van der Waals surface area contributed by atoms with E-state index in [1.807, 2.05) is 27.7 Å². The highest BCUT2D eigenvalue weighted by atomic mass is 32.2. The summed E-state index contributed by atoms with van der Waals surface area (Å²) in [6, 6.07) is 0. The third-order valence-electron chi connectivity index (χ3n) is 4.10. The van der Waals surface area contributed by atoms with Crippen LogP contribution in [-0.4, -0.2) is 19.9 Å². The Balaban J connectivity index is 0.000000659. The molecule has 0 spiro atoms. The molecule has 0 amide bonds. The molecule has 0 aromatic rings.